The summed E-state index contributed by atoms with van der Waals surface area (Å²) < 4.78 is 2.95. The fourth-order valence-corrected chi connectivity index (χ4v) is 23.8. The van der Waals surface area contributed by atoms with Crippen LogP contribution in [0.2, 0.25) is 39.3 Å². The maximum Gasteiger partial charge on any atom is 0.0731 e. The topological polar surface area (TPSA) is 0 Å². The summed E-state index contributed by atoms with van der Waals surface area (Å²) in [4.78, 5) is 0. The Balaban J connectivity index is 4.61. The number of hydrogen-bond donors (Lipinski definition) is 0. The van der Waals surface area contributed by atoms with Crippen molar-refractivity contribution in [1.29, 1.82) is 0 Å². The van der Waals surface area contributed by atoms with Crippen molar-refractivity contribution >= 4 is 49.5 Å². The molecule has 0 N–H and O–H groups in total. The van der Waals surface area contributed by atoms with Crippen LogP contribution in [0.25, 0.3) is 0 Å². The number of hydrogen-bond acceptors (Lipinski definition) is 0. The maximum absolute atomic E-state index is 7.13. The summed E-state index contributed by atoms with van der Waals surface area (Å²) in [5, 5.41) is 1.57. The van der Waals surface area contributed by atoms with Crippen LogP contribution < -0.4 is 5.30 Å². The normalized spacial score (nSPS) is 15.1. The molecule has 178 valence electrons. The Morgan fingerprint density at radius 2 is 1.00 bits per heavy atom. The molecule has 0 nitrogen and oxygen atoms in total. The van der Waals surface area contributed by atoms with Gasteiger partial charge in [0.25, 0.3) is 0 Å². The molecule has 0 saturated carbocycles. The molecule has 4 heteroatoms. The number of benzene rings is 1. The van der Waals surface area contributed by atoms with Gasteiger partial charge in [0, 0.05) is 10.1 Å². The SMILES string of the molecule is C/C(Cl)=P(=C([Si](C)(C)C)[Si](C)(C)C)/c1c(C(C)(C)C)cc(C(C)(C)C)cc1C(C)(C)C. The molecule has 0 heterocycles. The van der Waals surface area contributed by atoms with Crippen LogP contribution >= 0.6 is 18.8 Å². The highest BCUT2D eigenvalue weighted by molar-refractivity contribution is 7.81. The Hall–Kier alpha value is -0.0162. The van der Waals surface area contributed by atoms with E-state index in [1.165, 1.54) is 16.7 Å². The molecule has 0 amide bonds. The average molecular weight is 497 g/mol. The Morgan fingerprint density at radius 1 is 0.677 bits per heavy atom. The van der Waals surface area contributed by atoms with Crippen LogP contribution in [-0.2, 0) is 16.2 Å². The van der Waals surface area contributed by atoms with E-state index in [1.807, 2.05) is 4.54 Å². The monoisotopic (exact) mass is 496 g/mol. The van der Waals surface area contributed by atoms with Gasteiger partial charge in [-0.05, 0) is 39.9 Å². The molecule has 0 aliphatic heterocycles. The second-order valence-electron chi connectivity index (χ2n) is 14.4. The van der Waals surface area contributed by atoms with Crippen LogP contribution in [0.3, 0.4) is 0 Å². The Labute approximate surface area is 202 Å². The summed E-state index contributed by atoms with van der Waals surface area (Å²) >= 11 is 7.13. The largest absolute Gasteiger partial charge is 0.0867 e. The van der Waals surface area contributed by atoms with Crippen LogP contribution in [0.5, 0.6) is 0 Å². The summed E-state index contributed by atoms with van der Waals surface area (Å²) in [5.41, 5.74) is 4.69. The van der Waals surface area contributed by atoms with Crippen molar-refractivity contribution in [2.75, 3.05) is 0 Å². The minimum absolute atomic E-state index is 0.0630. The Bertz CT molecular complexity index is 857. The zero-order valence-electron chi connectivity index (χ0n) is 23.5. The van der Waals surface area contributed by atoms with Gasteiger partial charge in [-0.15, -0.1) is 0 Å². The van der Waals surface area contributed by atoms with Crippen molar-refractivity contribution in [2.24, 2.45) is 0 Å². The highest BCUT2D eigenvalue weighted by Crippen LogP contribution is 2.40. The third kappa shape index (κ3) is 6.98. The van der Waals surface area contributed by atoms with E-state index in [0.29, 0.717) is 0 Å². The maximum atomic E-state index is 7.13. The molecule has 1 atom stereocenters. The minimum Gasteiger partial charge on any atom is -0.0867 e. The second kappa shape index (κ2) is 8.97. The van der Waals surface area contributed by atoms with Gasteiger partial charge in [-0.3, -0.25) is 0 Å². The molecule has 1 rings (SSSR count). The predicted octanol–water partition coefficient (Wildman–Crippen LogP) is 9.00. The van der Waals surface area contributed by atoms with Gasteiger partial charge in [0.05, 0.1) is 16.1 Å². The van der Waals surface area contributed by atoms with Gasteiger partial charge in [0.2, 0.25) is 0 Å². The molecule has 0 bridgehead atoms. The molecule has 0 fully saturated rings. The summed E-state index contributed by atoms with van der Waals surface area (Å²) in [7, 11) is -3.74. The van der Waals surface area contributed by atoms with E-state index in [4.69, 9.17) is 11.6 Å². The highest BCUT2D eigenvalue weighted by atomic mass is 35.5. The van der Waals surface area contributed by atoms with Crippen LogP contribution in [-0.4, -0.2) is 25.4 Å². The van der Waals surface area contributed by atoms with Crippen LogP contribution in [0, 0.1) is 0 Å². The quantitative estimate of drug-likeness (QED) is 0.289. The highest BCUT2D eigenvalue weighted by Gasteiger charge is 2.36. The molecule has 1 aromatic rings. The molecular formula is C27H50ClPSi2. The number of halogens is 1. The molecular weight excluding hydrogens is 447 g/mol. The summed E-state index contributed by atoms with van der Waals surface area (Å²) in [6, 6.07) is 5.04. The second-order valence-corrected chi connectivity index (χ2v) is 28.8. The third-order valence-electron chi connectivity index (χ3n) is 5.77. The van der Waals surface area contributed by atoms with Crippen molar-refractivity contribution in [1.82, 2.24) is 0 Å². The van der Waals surface area contributed by atoms with Crippen molar-refractivity contribution in [3.63, 3.8) is 0 Å². The molecule has 1 aromatic carbocycles. The average Bonchev–Trinajstić information content (AvgIpc) is 2.45. The fourth-order valence-electron chi connectivity index (χ4n) is 4.67. The summed E-state index contributed by atoms with van der Waals surface area (Å²) in [5.74, 6) is 0. The predicted molar refractivity (Wildman–Crippen MR) is 157 cm³/mol. The van der Waals surface area contributed by atoms with Gasteiger partial charge in [0.15, 0.2) is 0 Å². The van der Waals surface area contributed by atoms with E-state index in [1.54, 1.807) is 5.30 Å². The Morgan fingerprint density at radius 3 is 1.19 bits per heavy atom. The lowest BCUT2D eigenvalue weighted by Crippen LogP contribution is -2.50. The van der Waals surface area contributed by atoms with Crippen LogP contribution in [0.1, 0.15) is 85.9 Å². The number of rotatable bonds is 3. The van der Waals surface area contributed by atoms with Gasteiger partial charge in [-0.2, -0.15) is 0 Å². The van der Waals surface area contributed by atoms with E-state index in [0.717, 1.165) is 4.75 Å². The Kier molecular flexibility index (Phi) is 8.40. The lowest BCUT2D eigenvalue weighted by Gasteiger charge is -2.37. The first kappa shape index (κ1) is 29.0. The van der Waals surface area contributed by atoms with E-state index < -0.39 is 23.3 Å². The smallest absolute Gasteiger partial charge is 0.0731 e. The lowest BCUT2D eigenvalue weighted by molar-refractivity contribution is 0.554. The van der Waals surface area contributed by atoms with E-state index in [-0.39, 0.29) is 16.2 Å². The van der Waals surface area contributed by atoms with Gasteiger partial charge >= 0.3 is 0 Å². The van der Waals surface area contributed by atoms with Crippen molar-refractivity contribution in [3.8, 4) is 0 Å². The standard InChI is InChI=1S/C27H50ClPSi2/c1-19(28)29(24(30(11,12)13)31(14,15)16)23-21(26(5,6)7)17-20(25(2,3)4)18-22(23)27(8,9)10/h17-18H,1-16H3. The first-order chi connectivity index (χ1) is 13.4. The molecule has 31 heavy (non-hydrogen) atoms. The minimum atomic E-state index is -1.54. The van der Waals surface area contributed by atoms with Crippen LogP contribution in [0.15, 0.2) is 12.1 Å². The zero-order chi connectivity index (χ0) is 25.0. The third-order valence-corrected chi connectivity index (χ3v) is 21.0. The molecule has 0 aromatic heterocycles. The summed E-state index contributed by atoms with van der Waals surface area (Å²) in [6.07, 6.45) is 0. The first-order valence-electron chi connectivity index (χ1n) is 11.8. The van der Waals surface area contributed by atoms with Gasteiger partial charge < -0.3 is 0 Å². The molecule has 0 aliphatic rings. The van der Waals surface area contributed by atoms with Gasteiger partial charge in [-0.25, -0.2) is 0 Å². The molecule has 0 radical (unpaired) electrons. The van der Waals surface area contributed by atoms with E-state index >= 15 is 0 Å². The zero-order valence-corrected chi connectivity index (χ0v) is 27.1. The molecule has 0 saturated heterocycles. The van der Waals surface area contributed by atoms with Crippen LogP contribution in [0.4, 0.5) is 0 Å². The lowest BCUT2D eigenvalue weighted by atomic mass is 9.75. The van der Waals surface area contributed by atoms with E-state index in [2.05, 4.69) is 121 Å². The van der Waals surface area contributed by atoms with Crippen molar-refractivity contribution in [3.05, 3.63) is 28.8 Å². The molecule has 1 unspecified atom stereocenters. The first-order valence-corrected chi connectivity index (χ1v) is 20.5. The molecule has 0 spiro atoms. The van der Waals surface area contributed by atoms with Crippen molar-refractivity contribution in [2.45, 2.75) is 125 Å². The van der Waals surface area contributed by atoms with Crippen molar-refractivity contribution < 1.29 is 0 Å². The summed E-state index contributed by atoms with van der Waals surface area (Å²) in [6.45, 7) is 38.7. The molecule has 0 aliphatic carbocycles. The van der Waals surface area contributed by atoms with Gasteiger partial charge in [0.1, 0.15) is 0 Å². The fraction of sp³-hybridized carbons (Fsp3) is 0.704. The van der Waals surface area contributed by atoms with Gasteiger partial charge in [-0.1, -0.05) is 137 Å². The van der Waals surface area contributed by atoms with E-state index in [9.17, 15) is 0 Å².